The van der Waals surface area contributed by atoms with Crippen molar-refractivity contribution < 1.29 is 9.52 Å². The first-order valence-electron chi connectivity index (χ1n) is 7.92. The first kappa shape index (κ1) is 15.4. The molecule has 0 unspecified atom stereocenters. The molecule has 5 heteroatoms. The molecule has 4 aromatic rings. The number of nitrogens with one attached hydrogen (secondary N) is 1. The van der Waals surface area contributed by atoms with Crippen LogP contribution in [0.5, 0.6) is 0 Å². The SMILES string of the molecule is Cc1cc2[nH]c(-c3cccc(CO)c3)cc(=O)c2cc1-c1cnco1. The van der Waals surface area contributed by atoms with E-state index in [-0.39, 0.29) is 12.0 Å². The Morgan fingerprint density at radius 3 is 2.84 bits per heavy atom. The van der Waals surface area contributed by atoms with Gasteiger partial charge in [0.1, 0.15) is 0 Å². The maximum Gasteiger partial charge on any atom is 0.190 e. The quantitative estimate of drug-likeness (QED) is 0.600. The second kappa shape index (κ2) is 6.03. The number of aromatic nitrogens is 2. The Morgan fingerprint density at radius 1 is 1.20 bits per heavy atom. The van der Waals surface area contributed by atoms with Gasteiger partial charge in [-0.3, -0.25) is 4.79 Å². The molecule has 0 radical (unpaired) electrons. The van der Waals surface area contributed by atoms with Gasteiger partial charge < -0.3 is 14.5 Å². The molecular weight excluding hydrogens is 316 g/mol. The molecule has 25 heavy (non-hydrogen) atoms. The van der Waals surface area contributed by atoms with Crippen LogP contribution in [0.15, 0.2) is 64.3 Å². The molecule has 2 aromatic carbocycles. The first-order chi connectivity index (χ1) is 12.2. The van der Waals surface area contributed by atoms with Gasteiger partial charge in [-0.2, -0.15) is 0 Å². The van der Waals surface area contributed by atoms with Crippen LogP contribution in [0.4, 0.5) is 0 Å². The van der Waals surface area contributed by atoms with Gasteiger partial charge in [0.05, 0.1) is 18.3 Å². The van der Waals surface area contributed by atoms with Gasteiger partial charge in [0.15, 0.2) is 17.6 Å². The summed E-state index contributed by atoms with van der Waals surface area (Å²) < 4.78 is 5.36. The topological polar surface area (TPSA) is 79.1 Å². The molecule has 0 aliphatic carbocycles. The highest BCUT2D eigenvalue weighted by Gasteiger charge is 2.11. The summed E-state index contributed by atoms with van der Waals surface area (Å²) in [6.07, 6.45) is 3.01. The Kier molecular flexibility index (Phi) is 3.71. The van der Waals surface area contributed by atoms with E-state index in [0.717, 1.165) is 33.5 Å². The van der Waals surface area contributed by atoms with Crippen molar-refractivity contribution in [2.45, 2.75) is 13.5 Å². The number of hydrogen-bond donors (Lipinski definition) is 2. The molecule has 2 aromatic heterocycles. The molecule has 2 heterocycles. The number of nitrogens with zero attached hydrogens (tertiary/aromatic N) is 1. The van der Waals surface area contributed by atoms with Crippen molar-refractivity contribution in [2.24, 2.45) is 0 Å². The number of benzene rings is 2. The fraction of sp³-hybridized carbons (Fsp3) is 0.100. The second-order valence-electron chi connectivity index (χ2n) is 5.98. The van der Waals surface area contributed by atoms with E-state index in [9.17, 15) is 9.90 Å². The molecular formula is C20H16N2O3. The number of H-pyrrole nitrogens is 1. The normalized spacial score (nSPS) is 11.1. The molecule has 0 fully saturated rings. The molecule has 0 amide bonds. The van der Waals surface area contributed by atoms with Gasteiger partial charge in [-0.05, 0) is 41.8 Å². The Balaban J connectivity index is 1.91. The zero-order chi connectivity index (χ0) is 17.4. The lowest BCUT2D eigenvalue weighted by Gasteiger charge is -2.09. The predicted molar refractivity (Wildman–Crippen MR) is 96.2 cm³/mol. The molecule has 0 saturated heterocycles. The van der Waals surface area contributed by atoms with E-state index in [1.807, 2.05) is 43.3 Å². The second-order valence-corrected chi connectivity index (χ2v) is 5.98. The van der Waals surface area contributed by atoms with Crippen molar-refractivity contribution in [3.63, 3.8) is 0 Å². The van der Waals surface area contributed by atoms with Crippen LogP contribution >= 0.6 is 0 Å². The molecule has 124 valence electrons. The van der Waals surface area contributed by atoms with Crippen LogP contribution in [0.3, 0.4) is 0 Å². The summed E-state index contributed by atoms with van der Waals surface area (Å²) in [6, 6.07) is 12.8. The maximum atomic E-state index is 12.6. The summed E-state index contributed by atoms with van der Waals surface area (Å²) in [5, 5.41) is 9.90. The average Bonchev–Trinajstić information content (AvgIpc) is 3.15. The third-order valence-electron chi connectivity index (χ3n) is 4.29. The fourth-order valence-electron chi connectivity index (χ4n) is 3.01. The van der Waals surface area contributed by atoms with Crippen LogP contribution in [0.25, 0.3) is 33.5 Å². The summed E-state index contributed by atoms with van der Waals surface area (Å²) in [5.74, 6) is 0.638. The lowest BCUT2D eigenvalue weighted by molar-refractivity contribution is 0.282. The van der Waals surface area contributed by atoms with Crippen LogP contribution in [0.1, 0.15) is 11.1 Å². The van der Waals surface area contributed by atoms with Crippen LogP contribution < -0.4 is 5.43 Å². The smallest absolute Gasteiger partial charge is 0.190 e. The molecule has 0 aliphatic rings. The number of hydrogen-bond acceptors (Lipinski definition) is 4. The average molecular weight is 332 g/mol. The van der Waals surface area contributed by atoms with E-state index in [1.165, 1.54) is 6.39 Å². The monoisotopic (exact) mass is 332 g/mol. The van der Waals surface area contributed by atoms with Gasteiger partial charge >= 0.3 is 0 Å². The van der Waals surface area contributed by atoms with Crippen molar-refractivity contribution in [2.75, 3.05) is 0 Å². The maximum absolute atomic E-state index is 12.6. The van der Waals surface area contributed by atoms with Crippen molar-refractivity contribution in [1.29, 1.82) is 0 Å². The number of aliphatic hydroxyl groups is 1. The predicted octanol–water partition coefficient (Wildman–Crippen LogP) is 3.65. The third-order valence-corrected chi connectivity index (χ3v) is 4.29. The Morgan fingerprint density at radius 2 is 2.08 bits per heavy atom. The summed E-state index contributed by atoms with van der Waals surface area (Å²) in [6.45, 7) is 1.93. The summed E-state index contributed by atoms with van der Waals surface area (Å²) in [7, 11) is 0. The van der Waals surface area contributed by atoms with E-state index >= 15 is 0 Å². The lowest BCUT2D eigenvalue weighted by Crippen LogP contribution is -2.04. The molecule has 0 aliphatic heterocycles. The van der Waals surface area contributed by atoms with E-state index in [0.29, 0.717) is 11.1 Å². The zero-order valence-corrected chi connectivity index (χ0v) is 13.6. The lowest BCUT2D eigenvalue weighted by atomic mass is 10.0. The molecule has 0 atom stereocenters. The standard InChI is InChI=1S/C20H16N2O3/c1-12-5-18-16(7-15(12)20-9-21-11-25-20)19(24)8-17(22-18)14-4-2-3-13(6-14)10-23/h2-9,11,23H,10H2,1H3,(H,22,24). The molecule has 5 nitrogen and oxygen atoms in total. The molecule has 2 N–H and O–H groups in total. The van der Waals surface area contributed by atoms with Crippen molar-refractivity contribution in [1.82, 2.24) is 9.97 Å². The third kappa shape index (κ3) is 2.75. The van der Waals surface area contributed by atoms with Crippen LogP contribution in [-0.4, -0.2) is 15.1 Å². The summed E-state index contributed by atoms with van der Waals surface area (Å²) in [5.41, 5.74) is 4.92. The minimum atomic E-state index is -0.0704. The number of aryl methyl sites for hydroxylation is 1. The van der Waals surface area contributed by atoms with Crippen molar-refractivity contribution >= 4 is 10.9 Å². The summed E-state index contributed by atoms with van der Waals surface area (Å²) in [4.78, 5) is 19.9. The highest BCUT2D eigenvalue weighted by molar-refractivity contribution is 5.87. The van der Waals surface area contributed by atoms with Gasteiger partial charge in [-0.1, -0.05) is 18.2 Å². The minimum absolute atomic E-state index is 0.0364. The number of rotatable bonds is 3. The van der Waals surface area contributed by atoms with Crippen molar-refractivity contribution in [3.05, 3.63) is 76.4 Å². The van der Waals surface area contributed by atoms with Gasteiger partial charge in [-0.15, -0.1) is 0 Å². The minimum Gasteiger partial charge on any atom is -0.444 e. The van der Waals surface area contributed by atoms with Gasteiger partial charge in [0.2, 0.25) is 0 Å². The van der Waals surface area contributed by atoms with E-state index < -0.39 is 0 Å². The molecule has 0 bridgehead atoms. The largest absolute Gasteiger partial charge is 0.444 e. The zero-order valence-electron chi connectivity index (χ0n) is 13.6. The van der Waals surface area contributed by atoms with E-state index in [1.54, 1.807) is 12.3 Å². The number of fused-ring (bicyclic) bond motifs is 1. The van der Waals surface area contributed by atoms with Gasteiger partial charge in [-0.25, -0.2) is 4.98 Å². The van der Waals surface area contributed by atoms with E-state index in [2.05, 4.69) is 9.97 Å². The number of pyridine rings is 1. The highest BCUT2D eigenvalue weighted by atomic mass is 16.3. The number of oxazole rings is 1. The Hall–Kier alpha value is -3.18. The van der Waals surface area contributed by atoms with Crippen molar-refractivity contribution in [3.8, 4) is 22.6 Å². The number of aromatic amines is 1. The fourth-order valence-corrected chi connectivity index (χ4v) is 3.01. The Labute approximate surface area is 143 Å². The Bertz CT molecular complexity index is 1110. The van der Waals surface area contributed by atoms with Crippen LogP contribution in [0.2, 0.25) is 0 Å². The van der Waals surface area contributed by atoms with Gasteiger partial charge in [0, 0.05) is 22.7 Å². The molecule has 0 saturated carbocycles. The highest BCUT2D eigenvalue weighted by Crippen LogP contribution is 2.27. The van der Waals surface area contributed by atoms with Gasteiger partial charge in [0.25, 0.3) is 0 Å². The van der Waals surface area contributed by atoms with E-state index in [4.69, 9.17) is 4.42 Å². The molecule has 0 spiro atoms. The summed E-state index contributed by atoms with van der Waals surface area (Å²) >= 11 is 0. The van der Waals surface area contributed by atoms with Crippen LogP contribution in [-0.2, 0) is 6.61 Å². The first-order valence-corrected chi connectivity index (χ1v) is 7.92. The molecule has 4 rings (SSSR count). The van der Waals surface area contributed by atoms with Crippen LogP contribution in [0, 0.1) is 6.92 Å². The number of aliphatic hydroxyl groups excluding tert-OH is 1.